The van der Waals surface area contributed by atoms with Crippen LogP contribution >= 0.6 is 0 Å². The lowest BCUT2D eigenvalue weighted by molar-refractivity contribution is 0.142. The van der Waals surface area contributed by atoms with Crippen LogP contribution in [0.5, 0.6) is 11.5 Å². The largest absolute Gasteiger partial charge is 0.457 e. The van der Waals surface area contributed by atoms with Crippen molar-refractivity contribution in [2.24, 2.45) is 0 Å². The van der Waals surface area contributed by atoms with Crippen molar-refractivity contribution < 1.29 is 18.3 Å². The molecule has 5 rings (SSSR count). The Balaban J connectivity index is 1.09. The lowest BCUT2D eigenvalue weighted by Gasteiger charge is -2.41. The maximum atomic E-state index is 13.4. The average Bonchev–Trinajstić information content (AvgIpc) is 3.15. The molecule has 2 N–H and O–H groups in total. The second kappa shape index (κ2) is 8.59. The van der Waals surface area contributed by atoms with E-state index in [1.807, 2.05) is 6.07 Å². The Morgan fingerprint density at radius 3 is 2.28 bits per heavy atom. The van der Waals surface area contributed by atoms with Crippen LogP contribution in [0.2, 0.25) is 0 Å². The van der Waals surface area contributed by atoms with Crippen LogP contribution in [-0.2, 0) is 6.42 Å². The number of hydrogen-bond acceptors (Lipinski definition) is 3. The molecule has 3 aromatic carbocycles. The SMILES string of the molecule is O=C(Nc1ccc(Oc2ccc(F)cc2)cc1)N1CC(NC2CCc3cc(F)ccc32)C1. The maximum absolute atomic E-state index is 13.4. The van der Waals surface area contributed by atoms with Crippen LogP contribution in [0.3, 0.4) is 0 Å². The van der Waals surface area contributed by atoms with Crippen molar-refractivity contribution in [1.82, 2.24) is 10.2 Å². The number of amides is 2. The van der Waals surface area contributed by atoms with Gasteiger partial charge in [0.25, 0.3) is 0 Å². The summed E-state index contributed by atoms with van der Waals surface area (Å²) in [5.74, 6) is 0.630. The maximum Gasteiger partial charge on any atom is 0.321 e. The lowest BCUT2D eigenvalue weighted by Crippen LogP contribution is -2.61. The Morgan fingerprint density at radius 2 is 1.56 bits per heavy atom. The number of carbonyl (C=O) groups is 1. The molecule has 0 aromatic heterocycles. The molecule has 2 amide bonds. The van der Waals surface area contributed by atoms with Gasteiger partial charge < -0.3 is 20.3 Å². The molecule has 1 saturated heterocycles. The van der Waals surface area contributed by atoms with E-state index in [4.69, 9.17) is 4.74 Å². The smallest absolute Gasteiger partial charge is 0.321 e. The van der Waals surface area contributed by atoms with Crippen LogP contribution < -0.4 is 15.4 Å². The number of carbonyl (C=O) groups excluding carboxylic acids is 1. The van der Waals surface area contributed by atoms with E-state index in [0.717, 1.165) is 24.0 Å². The number of fused-ring (bicyclic) bond motifs is 1. The summed E-state index contributed by atoms with van der Waals surface area (Å²) in [6, 6.07) is 18.1. The molecule has 1 heterocycles. The number of nitrogens with one attached hydrogen (secondary N) is 2. The predicted octanol–water partition coefficient (Wildman–Crippen LogP) is 5.25. The van der Waals surface area contributed by atoms with Gasteiger partial charge in [0.05, 0.1) is 0 Å². The van der Waals surface area contributed by atoms with Gasteiger partial charge in [0.1, 0.15) is 23.1 Å². The van der Waals surface area contributed by atoms with Crippen LogP contribution in [0.4, 0.5) is 19.3 Å². The number of hydrogen-bond donors (Lipinski definition) is 2. The molecule has 1 fully saturated rings. The van der Waals surface area contributed by atoms with Gasteiger partial charge in [-0.25, -0.2) is 13.6 Å². The third-order valence-corrected chi connectivity index (χ3v) is 5.94. The third-order valence-electron chi connectivity index (χ3n) is 5.94. The molecular weight excluding hydrogens is 412 g/mol. The molecule has 32 heavy (non-hydrogen) atoms. The van der Waals surface area contributed by atoms with Crippen molar-refractivity contribution in [3.63, 3.8) is 0 Å². The van der Waals surface area contributed by atoms with Crippen LogP contribution in [-0.4, -0.2) is 30.1 Å². The molecule has 1 atom stereocenters. The van der Waals surface area contributed by atoms with Gasteiger partial charge in [0.2, 0.25) is 0 Å². The van der Waals surface area contributed by atoms with E-state index < -0.39 is 0 Å². The Hall–Kier alpha value is -3.45. The third kappa shape index (κ3) is 4.43. The van der Waals surface area contributed by atoms with Gasteiger partial charge in [-0.3, -0.25) is 0 Å². The first-order valence-electron chi connectivity index (χ1n) is 10.7. The van der Waals surface area contributed by atoms with E-state index in [1.165, 1.54) is 18.2 Å². The van der Waals surface area contributed by atoms with Crippen molar-refractivity contribution in [3.05, 3.63) is 89.5 Å². The summed E-state index contributed by atoms with van der Waals surface area (Å²) >= 11 is 0. The molecule has 0 bridgehead atoms. The summed E-state index contributed by atoms with van der Waals surface area (Å²) in [7, 11) is 0. The second-order valence-corrected chi connectivity index (χ2v) is 8.21. The molecular formula is C25H23F2N3O2. The lowest BCUT2D eigenvalue weighted by atomic mass is 10.0. The predicted molar refractivity (Wildman–Crippen MR) is 118 cm³/mol. The second-order valence-electron chi connectivity index (χ2n) is 8.21. The van der Waals surface area contributed by atoms with E-state index in [1.54, 1.807) is 47.4 Å². The highest BCUT2D eigenvalue weighted by atomic mass is 19.1. The van der Waals surface area contributed by atoms with Crippen molar-refractivity contribution in [1.29, 1.82) is 0 Å². The van der Waals surface area contributed by atoms with Crippen molar-refractivity contribution >= 4 is 11.7 Å². The fraction of sp³-hybridized carbons (Fsp3) is 0.240. The molecule has 0 spiro atoms. The minimum Gasteiger partial charge on any atom is -0.457 e. The molecule has 164 valence electrons. The highest BCUT2D eigenvalue weighted by Gasteiger charge is 2.34. The monoisotopic (exact) mass is 435 g/mol. The number of aryl methyl sites for hydroxylation is 1. The van der Waals surface area contributed by atoms with E-state index in [0.29, 0.717) is 30.3 Å². The number of likely N-dealkylation sites (tertiary alicyclic amines) is 1. The van der Waals surface area contributed by atoms with Crippen LogP contribution in [0.15, 0.2) is 66.7 Å². The number of halogens is 2. The van der Waals surface area contributed by atoms with Crippen LogP contribution in [0, 0.1) is 11.6 Å². The van der Waals surface area contributed by atoms with E-state index in [9.17, 15) is 13.6 Å². The van der Waals surface area contributed by atoms with Crippen molar-refractivity contribution in [3.8, 4) is 11.5 Å². The quantitative estimate of drug-likeness (QED) is 0.576. The molecule has 0 saturated carbocycles. The van der Waals surface area contributed by atoms with Gasteiger partial charge in [-0.05, 0) is 84.6 Å². The van der Waals surface area contributed by atoms with Crippen molar-refractivity contribution in [2.75, 3.05) is 18.4 Å². The number of benzene rings is 3. The first-order valence-corrected chi connectivity index (χ1v) is 10.7. The van der Waals surface area contributed by atoms with E-state index in [-0.39, 0.29) is 29.7 Å². The molecule has 0 radical (unpaired) electrons. The number of urea groups is 1. The molecule has 1 aliphatic heterocycles. The minimum absolute atomic E-state index is 0.149. The van der Waals surface area contributed by atoms with Crippen LogP contribution in [0.25, 0.3) is 0 Å². The number of ether oxygens (including phenoxy) is 1. The Bertz CT molecular complexity index is 1110. The Morgan fingerprint density at radius 1 is 0.906 bits per heavy atom. The molecule has 3 aromatic rings. The number of anilines is 1. The summed E-state index contributed by atoms with van der Waals surface area (Å²) < 4.78 is 32.0. The number of nitrogens with zero attached hydrogens (tertiary/aromatic N) is 1. The summed E-state index contributed by atoms with van der Waals surface area (Å²) in [5, 5.41) is 6.48. The van der Waals surface area contributed by atoms with Crippen molar-refractivity contribution in [2.45, 2.75) is 24.9 Å². The van der Waals surface area contributed by atoms with Gasteiger partial charge >= 0.3 is 6.03 Å². The molecule has 5 nitrogen and oxygen atoms in total. The zero-order valence-corrected chi connectivity index (χ0v) is 17.4. The van der Waals surface area contributed by atoms with Gasteiger partial charge in [-0.15, -0.1) is 0 Å². The standard InChI is InChI=1S/C25H23F2N3O2/c26-17-2-7-21(8-3-17)32-22-9-5-19(6-10-22)29-25(31)30-14-20(15-30)28-24-12-1-16-13-18(27)4-11-23(16)24/h2-11,13,20,24,28H,1,12,14-15H2,(H,29,31). The summed E-state index contributed by atoms with van der Waals surface area (Å²) in [6.07, 6.45) is 1.83. The van der Waals surface area contributed by atoms with E-state index >= 15 is 0 Å². The molecule has 1 aliphatic carbocycles. The van der Waals surface area contributed by atoms with Gasteiger partial charge in [0, 0.05) is 30.9 Å². The topological polar surface area (TPSA) is 53.6 Å². The fourth-order valence-corrected chi connectivity index (χ4v) is 4.24. The minimum atomic E-state index is -0.317. The van der Waals surface area contributed by atoms with Gasteiger partial charge in [-0.2, -0.15) is 0 Å². The normalized spacial score (nSPS) is 17.6. The highest BCUT2D eigenvalue weighted by molar-refractivity contribution is 5.90. The fourth-order valence-electron chi connectivity index (χ4n) is 4.24. The summed E-state index contributed by atoms with van der Waals surface area (Å²) in [5.41, 5.74) is 2.91. The van der Waals surface area contributed by atoms with Gasteiger partial charge in [-0.1, -0.05) is 6.07 Å². The molecule has 7 heteroatoms. The zero-order valence-electron chi connectivity index (χ0n) is 17.4. The number of rotatable bonds is 5. The highest BCUT2D eigenvalue weighted by Crippen LogP contribution is 2.32. The van der Waals surface area contributed by atoms with E-state index in [2.05, 4.69) is 10.6 Å². The Kier molecular flexibility index (Phi) is 5.49. The molecule has 2 aliphatic rings. The molecule has 1 unspecified atom stereocenters. The van der Waals surface area contributed by atoms with Crippen LogP contribution in [0.1, 0.15) is 23.6 Å². The average molecular weight is 435 g/mol. The Labute approximate surface area is 185 Å². The summed E-state index contributed by atoms with van der Waals surface area (Å²) in [6.45, 7) is 1.26. The summed E-state index contributed by atoms with van der Waals surface area (Å²) in [4.78, 5) is 14.3. The first kappa shape index (κ1) is 20.5. The van der Waals surface area contributed by atoms with Gasteiger partial charge in [0.15, 0.2) is 0 Å². The zero-order chi connectivity index (χ0) is 22.1. The first-order chi connectivity index (χ1) is 15.5.